The van der Waals surface area contributed by atoms with E-state index in [0.717, 1.165) is 12.8 Å². The van der Waals surface area contributed by atoms with E-state index in [9.17, 15) is 4.79 Å². The SMILES string of the molecule is O=C(O)[C@@H]1C[C@H](Br)[C@@H](Cc2ccccc2)C[C@@H]1Br. The summed E-state index contributed by atoms with van der Waals surface area (Å²) < 4.78 is 0. The molecular formula is C14H16Br2O2. The van der Waals surface area contributed by atoms with Crippen molar-refractivity contribution in [2.24, 2.45) is 11.8 Å². The fraction of sp³-hybridized carbons (Fsp3) is 0.500. The average Bonchev–Trinajstić information content (AvgIpc) is 2.34. The second-order valence-corrected chi connectivity index (χ2v) is 7.25. The summed E-state index contributed by atoms with van der Waals surface area (Å²) in [5.41, 5.74) is 1.32. The first-order valence-electron chi connectivity index (χ1n) is 6.12. The van der Waals surface area contributed by atoms with E-state index in [2.05, 4.69) is 44.0 Å². The normalized spacial score (nSPS) is 32.1. The van der Waals surface area contributed by atoms with Crippen molar-refractivity contribution >= 4 is 37.8 Å². The van der Waals surface area contributed by atoms with Crippen molar-refractivity contribution in [3.63, 3.8) is 0 Å². The number of carboxylic acids is 1. The van der Waals surface area contributed by atoms with Gasteiger partial charge in [-0.1, -0.05) is 62.2 Å². The smallest absolute Gasteiger partial charge is 0.307 e. The Labute approximate surface area is 124 Å². The summed E-state index contributed by atoms with van der Waals surface area (Å²) in [7, 11) is 0. The molecule has 0 spiro atoms. The van der Waals surface area contributed by atoms with Crippen molar-refractivity contribution in [1.29, 1.82) is 0 Å². The van der Waals surface area contributed by atoms with E-state index in [-0.39, 0.29) is 15.6 Å². The van der Waals surface area contributed by atoms with Crippen molar-refractivity contribution < 1.29 is 9.90 Å². The molecule has 18 heavy (non-hydrogen) atoms. The average molecular weight is 376 g/mol. The molecule has 1 aliphatic rings. The second-order valence-electron chi connectivity index (χ2n) is 4.90. The number of carbonyl (C=O) groups is 1. The summed E-state index contributed by atoms with van der Waals surface area (Å²) in [5.74, 6) is -0.478. The molecule has 1 fully saturated rings. The van der Waals surface area contributed by atoms with E-state index < -0.39 is 5.97 Å². The number of halogens is 2. The molecule has 0 heterocycles. The standard InChI is InChI=1S/C14H16Br2O2/c15-12-8-11(14(17)18)13(16)7-10(12)6-9-4-2-1-3-5-9/h1-5,10-13H,6-8H2,(H,17,18)/t10-,11+,12-,13-/m0/s1. The molecule has 2 rings (SSSR count). The van der Waals surface area contributed by atoms with Crippen LogP contribution in [-0.4, -0.2) is 20.7 Å². The van der Waals surface area contributed by atoms with Crippen LogP contribution in [0.5, 0.6) is 0 Å². The Morgan fingerprint density at radius 2 is 1.83 bits per heavy atom. The topological polar surface area (TPSA) is 37.3 Å². The first-order chi connectivity index (χ1) is 8.58. The molecule has 0 unspecified atom stereocenters. The van der Waals surface area contributed by atoms with Crippen LogP contribution in [0.1, 0.15) is 18.4 Å². The van der Waals surface area contributed by atoms with Gasteiger partial charge < -0.3 is 5.11 Å². The Morgan fingerprint density at radius 3 is 2.44 bits per heavy atom. The number of rotatable bonds is 3. The number of hydrogen-bond donors (Lipinski definition) is 1. The first-order valence-corrected chi connectivity index (χ1v) is 7.96. The van der Waals surface area contributed by atoms with E-state index >= 15 is 0 Å². The zero-order valence-electron chi connectivity index (χ0n) is 9.93. The molecule has 1 aromatic carbocycles. The van der Waals surface area contributed by atoms with Crippen LogP contribution in [0.25, 0.3) is 0 Å². The van der Waals surface area contributed by atoms with Crippen LogP contribution in [0.2, 0.25) is 0 Å². The molecule has 0 saturated heterocycles. The minimum Gasteiger partial charge on any atom is -0.481 e. The van der Waals surface area contributed by atoms with E-state index in [4.69, 9.17) is 5.11 Å². The molecular weight excluding hydrogens is 360 g/mol. The summed E-state index contributed by atoms with van der Waals surface area (Å²) in [6.07, 6.45) is 2.61. The lowest BCUT2D eigenvalue weighted by Crippen LogP contribution is -2.37. The largest absolute Gasteiger partial charge is 0.481 e. The van der Waals surface area contributed by atoms with Crippen molar-refractivity contribution in [1.82, 2.24) is 0 Å². The monoisotopic (exact) mass is 374 g/mol. The molecule has 0 aromatic heterocycles. The first kappa shape index (κ1) is 14.1. The van der Waals surface area contributed by atoms with Crippen molar-refractivity contribution in [2.75, 3.05) is 0 Å². The van der Waals surface area contributed by atoms with Crippen molar-refractivity contribution in [3.8, 4) is 0 Å². The number of aliphatic carboxylic acids is 1. The lowest BCUT2D eigenvalue weighted by Gasteiger charge is -2.34. The zero-order chi connectivity index (χ0) is 13.1. The van der Waals surface area contributed by atoms with E-state index in [1.807, 2.05) is 18.2 Å². The molecule has 2 nitrogen and oxygen atoms in total. The number of alkyl halides is 2. The third-order valence-electron chi connectivity index (χ3n) is 3.61. The van der Waals surface area contributed by atoms with E-state index in [0.29, 0.717) is 12.3 Å². The number of hydrogen-bond acceptors (Lipinski definition) is 1. The van der Waals surface area contributed by atoms with Crippen LogP contribution >= 0.6 is 31.9 Å². The molecule has 0 bridgehead atoms. The Bertz CT molecular complexity index is 408. The molecule has 1 N–H and O–H groups in total. The molecule has 0 amide bonds. The van der Waals surface area contributed by atoms with Crippen LogP contribution in [0.15, 0.2) is 30.3 Å². The zero-order valence-corrected chi connectivity index (χ0v) is 13.1. The Balaban J connectivity index is 2.01. The van der Waals surface area contributed by atoms with Crippen LogP contribution < -0.4 is 0 Å². The molecule has 1 saturated carbocycles. The predicted molar refractivity (Wildman–Crippen MR) is 79.4 cm³/mol. The third kappa shape index (κ3) is 3.35. The quantitative estimate of drug-likeness (QED) is 0.814. The summed E-state index contributed by atoms with van der Waals surface area (Å²) in [6, 6.07) is 10.4. The van der Waals surface area contributed by atoms with Crippen LogP contribution in [-0.2, 0) is 11.2 Å². The molecule has 4 atom stereocenters. The third-order valence-corrected chi connectivity index (χ3v) is 5.75. The second kappa shape index (κ2) is 6.20. The highest BCUT2D eigenvalue weighted by atomic mass is 79.9. The maximum absolute atomic E-state index is 11.1. The van der Waals surface area contributed by atoms with Crippen LogP contribution in [0.3, 0.4) is 0 Å². The highest BCUT2D eigenvalue weighted by Gasteiger charge is 2.38. The van der Waals surface area contributed by atoms with Gasteiger partial charge in [0, 0.05) is 9.65 Å². The maximum atomic E-state index is 11.1. The minimum atomic E-state index is -0.695. The maximum Gasteiger partial charge on any atom is 0.307 e. The van der Waals surface area contributed by atoms with Gasteiger partial charge in [0.25, 0.3) is 0 Å². The van der Waals surface area contributed by atoms with Gasteiger partial charge in [0.05, 0.1) is 5.92 Å². The van der Waals surface area contributed by atoms with Crippen molar-refractivity contribution in [3.05, 3.63) is 35.9 Å². The fourth-order valence-corrected chi connectivity index (χ4v) is 4.30. The lowest BCUT2D eigenvalue weighted by molar-refractivity contribution is -0.142. The van der Waals surface area contributed by atoms with Gasteiger partial charge in [-0.25, -0.2) is 0 Å². The van der Waals surface area contributed by atoms with Gasteiger partial charge in [0.2, 0.25) is 0 Å². The Morgan fingerprint density at radius 1 is 1.17 bits per heavy atom. The number of benzene rings is 1. The van der Waals surface area contributed by atoms with Gasteiger partial charge in [-0.15, -0.1) is 0 Å². The lowest BCUT2D eigenvalue weighted by atomic mass is 9.79. The number of carboxylic acid groups (broad SMARTS) is 1. The van der Waals surface area contributed by atoms with Gasteiger partial charge >= 0.3 is 5.97 Å². The summed E-state index contributed by atoms with van der Waals surface area (Å²) in [5, 5.41) is 9.15. The van der Waals surface area contributed by atoms with Gasteiger partial charge in [0.15, 0.2) is 0 Å². The molecule has 4 heteroatoms. The Hall–Kier alpha value is -0.350. The molecule has 0 aliphatic heterocycles. The van der Waals surface area contributed by atoms with Crippen molar-refractivity contribution in [2.45, 2.75) is 28.9 Å². The fourth-order valence-electron chi connectivity index (χ4n) is 2.57. The molecule has 1 aromatic rings. The van der Waals surface area contributed by atoms with Gasteiger partial charge in [-0.05, 0) is 30.7 Å². The molecule has 0 radical (unpaired) electrons. The van der Waals surface area contributed by atoms with Gasteiger partial charge in [-0.2, -0.15) is 0 Å². The van der Waals surface area contributed by atoms with Crippen LogP contribution in [0.4, 0.5) is 0 Å². The van der Waals surface area contributed by atoms with E-state index in [1.165, 1.54) is 5.56 Å². The van der Waals surface area contributed by atoms with Crippen LogP contribution in [0, 0.1) is 11.8 Å². The highest BCUT2D eigenvalue weighted by Crippen LogP contribution is 2.39. The minimum absolute atomic E-state index is 0.0810. The predicted octanol–water partition coefficient (Wildman–Crippen LogP) is 3.87. The summed E-state index contributed by atoms with van der Waals surface area (Å²) >= 11 is 7.20. The Kier molecular flexibility index (Phi) is 4.84. The highest BCUT2D eigenvalue weighted by molar-refractivity contribution is 9.10. The summed E-state index contributed by atoms with van der Waals surface area (Å²) in [6.45, 7) is 0. The van der Waals surface area contributed by atoms with Gasteiger partial charge in [0.1, 0.15) is 0 Å². The summed E-state index contributed by atoms with van der Waals surface area (Å²) in [4.78, 5) is 11.5. The van der Waals surface area contributed by atoms with E-state index in [1.54, 1.807) is 0 Å². The molecule has 1 aliphatic carbocycles. The molecule has 98 valence electrons. The van der Waals surface area contributed by atoms with Gasteiger partial charge in [-0.3, -0.25) is 4.79 Å².